The second kappa shape index (κ2) is 5.71. The molecule has 0 fully saturated rings. The summed E-state index contributed by atoms with van der Waals surface area (Å²) in [6.45, 7) is 3.84. The number of carbonyl (C=O) groups is 1. The fraction of sp³-hybridized carbons (Fsp3) is 0.462. The van der Waals surface area contributed by atoms with Crippen molar-refractivity contribution in [3.63, 3.8) is 0 Å². The summed E-state index contributed by atoms with van der Waals surface area (Å²) in [7, 11) is 0. The molecule has 2 heterocycles. The van der Waals surface area contributed by atoms with E-state index in [1.807, 2.05) is 13.8 Å². The molecule has 2 aromatic rings. The monoisotopic (exact) mass is 300 g/mol. The van der Waals surface area contributed by atoms with Gasteiger partial charge in [-0.05, 0) is 18.9 Å². The van der Waals surface area contributed by atoms with E-state index in [4.69, 9.17) is 0 Å². The van der Waals surface area contributed by atoms with Gasteiger partial charge in [0.15, 0.2) is 11.3 Å². The van der Waals surface area contributed by atoms with Crippen LogP contribution in [0.2, 0.25) is 0 Å². The zero-order valence-electron chi connectivity index (χ0n) is 11.6. The highest BCUT2D eigenvalue weighted by atomic mass is 19.4. The van der Waals surface area contributed by atoms with Crippen molar-refractivity contribution in [1.29, 1.82) is 0 Å². The van der Waals surface area contributed by atoms with Crippen LogP contribution in [0.5, 0.6) is 0 Å². The standard InChI is InChI=1S/C13H15F3N4O/c1-3-8(4-2)18-12(21)9-7-11-17-6-5-10(13(14,15)16)20(11)19-9/h5-8H,3-4H2,1-2H3,(H,18,21). The van der Waals surface area contributed by atoms with Crippen molar-refractivity contribution in [2.75, 3.05) is 0 Å². The predicted molar refractivity (Wildman–Crippen MR) is 69.8 cm³/mol. The Labute approximate surface area is 119 Å². The van der Waals surface area contributed by atoms with Crippen LogP contribution >= 0.6 is 0 Å². The van der Waals surface area contributed by atoms with Crippen molar-refractivity contribution < 1.29 is 18.0 Å². The largest absolute Gasteiger partial charge is 0.433 e. The van der Waals surface area contributed by atoms with Crippen LogP contribution in [0.25, 0.3) is 5.65 Å². The smallest absolute Gasteiger partial charge is 0.348 e. The molecule has 0 saturated heterocycles. The van der Waals surface area contributed by atoms with E-state index >= 15 is 0 Å². The summed E-state index contributed by atoms with van der Waals surface area (Å²) in [5.74, 6) is -0.498. The Morgan fingerprint density at radius 3 is 2.62 bits per heavy atom. The topological polar surface area (TPSA) is 59.3 Å². The lowest BCUT2D eigenvalue weighted by Crippen LogP contribution is -2.34. The summed E-state index contributed by atoms with van der Waals surface area (Å²) in [5, 5.41) is 6.45. The Morgan fingerprint density at radius 1 is 1.38 bits per heavy atom. The first-order valence-corrected chi connectivity index (χ1v) is 6.59. The van der Waals surface area contributed by atoms with Crippen molar-refractivity contribution >= 4 is 11.6 Å². The molecule has 0 bridgehead atoms. The number of alkyl halides is 3. The normalized spacial score (nSPS) is 12.1. The fourth-order valence-corrected chi connectivity index (χ4v) is 1.97. The summed E-state index contributed by atoms with van der Waals surface area (Å²) in [5.41, 5.74) is -1.06. The minimum atomic E-state index is -4.56. The molecule has 5 nitrogen and oxygen atoms in total. The summed E-state index contributed by atoms with van der Waals surface area (Å²) in [6, 6.07) is 2.03. The first-order valence-electron chi connectivity index (χ1n) is 6.59. The van der Waals surface area contributed by atoms with Crippen LogP contribution in [-0.2, 0) is 6.18 Å². The number of carbonyl (C=O) groups excluding carboxylic acids is 1. The first kappa shape index (κ1) is 15.3. The predicted octanol–water partition coefficient (Wildman–Crippen LogP) is 2.67. The minimum Gasteiger partial charge on any atom is -0.348 e. The van der Waals surface area contributed by atoms with Crippen molar-refractivity contribution in [2.45, 2.75) is 38.9 Å². The van der Waals surface area contributed by atoms with Gasteiger partial charge in [-0.15, -0.1) is 0 Å². The summed E-state index contributed by atoms with van der Waals surface area (Å²) >= 11 is 0. The second-order valence-corrected chi connectivity index (χ2v) is 4.61. The zero-order chi connectivity index (χ0) is 15.6. The number of halogens is 3. The molecule has 0 aliphatic carbocycles. The van der Waals surface area contributed by atoms with Gasteiger partial charge in [0.25, 0.3) is 5.91 Å². The maximum absolute atomic E-state index is 12.9. The van der Waals surface area contributed by atoms with Gasteiger partial charge in [0.2, 0.25) is 0 Å². The zero-order valence-corrected chi connectivity index (χ0v) is 11.6. The van der Waals surface area contributed by atoms with E-state index in [9.17, 15) is 18.0 Å². The average Bonchev–Trinajstić information content (AvgIpc) is 2.87. The highest BCUT2D eigenvalue weighted by Crippen LogP contribution is 2.28. The maximum Gasteiger partial charge on any atom is 0.433 e. The van der Waals surface area contributed by atoms with Crippen LogP contribution in [0.15, 0.2) is 18.3 Å². The molecule has 0 aliphatic rings. The summed E-state index contributed by atoms with van der Waals surface area (Å²) in [6.07, 6.45) is -2.04. The second-order valence-electron chi connectivity index (χ2n) is 4.61. The van der Waals surface area contributed by atoms with Gasteiger partial charge in [-0.1, -0.05) is 13.8 Å². The number of nitrogens with zero attached hydrogens (tertiary/aromatic N) is 3. The first-order chi connectivity index (χ1) is 9.86. The number of nitrogens with one attached hydrogen (secondary N) is 1. The van der Waals surface area contributed by atoms with E-state index in [0.717, 1.165) is 25.1 Å². The molecule has 0 spiro atoms. The number of aromatic nitrogens is 3. The number of fused-ring (bicyclic) bond motifs is 1. The van der Waals surface area contributed by atoms with Gasteiger partial charge in [-0.2, -0.15) is 18.3 Å². The van der Waals surface area contributed by atoms with E-state index in [0.29, 0.717) is 4.52 Å². The van der Waals surface area contributed by atoms with E-state index in [2.05, 4.69) is 15.4 Å². The van der Waals surface area contributed by atoms with E-state index < -0.39 is 17.8 Å². The van der Waals surface area contributed by atoms with Crippen LogP contribution in [0.1, 0.15) is 42.9 Å². The quantitative estimate of drug-likeness (QED) is 0.944. The average molecular weight is 300 g/mol. The van der Waals surface area contributed by atoms with Gasteiger partial charge in [0.05, 0.1) is 0 Å². The van der Waals surface area contributed by atoms with Gasteiger partial charge in [0, 0.05) is 18.3 Å². The Bertz CT molecular complexity index is 646. The van der Waals surface area contributed by atoms with Crippen molar-refractivity contribution in [1.82, 2.24) is 19.9 Å². The Hall–Kier alpha value is -2.12. The van der Waals surface area contributed by atoms with Crippen LogP contribution in [0.4, 0.5) is 13.2 Å². The number of amides is 1. The Balaban J connectivity index is 2.37. The SMILES string of the molecule is CCC(CC)NC(=O)c1cc2nccc(C(F)(F)F)n2n1. The van der Waals surface area contributed by atoms with E-state index in [1.54, 1.807) is 0 Å². The molecule has 114 valence electrons. The Kier molecular flexibility index (Phi) is 4.15. The van der Waals surface area contributed by atoms with Gasteiger partial charge in [-0.3, -0.25) is 4.79 Å². The minimum absolute atomic E-state index is 0.0143. The van der Waals surface area contributed by atoms with Crippen LogP contribution in [0.3, 0.4) is 0 Å². The fourth-order valence-electron chi connectivity index (χ4n) is 1.97. The van der Waals surface area contributed by atoms with E-state index in [1.165, 1.54) is 6.07 Å². The lowest BCUT2D eigenvalue weighted by molar-refractivity contribution is -0.142. The lowest BCUT2D eigenvalue weighted by Gasteiger charge is -2.13. The molecule has 8 heteroatoms. The molecule has 0 unspecified atom stereocenters. The molecule has 1 amide bonds. The lowest BCUT2D eigenvalue weighted by atomic mass is 10.1. The third-order valence-electron chi connectivity index (χ3n) is 3.20. The molecule has 21 heavy (non-hydrogen) atoms. The molecule has 0 saturated carbocycles. The molecule has 0 radical (unpaired) electrons. The molecule has 0 atom stereocenters. The Morgan fingerprint density at radius 2 is 2.05 bits per heavy atom. The molecular weight excluding hydrogens is 285 g/mol. The molecule has 1 N–H and O–H groups in total. The van der Waals surface area contributed by atoms with Gasteiger partial charge < -0.3 is 5.32 Å². The van der Waals surface area contributed by atoms with Crippen molar-refractivity contribution in [3.05, 3.63) is 29.7 Å². The summed E-state index contributed by atoms with van der Waals surface area (Å²) < 4.78 is 39.2. The van der Waals surface area contributed by atoms with Crippen LogP contribution in [0, 0.1) is 0 Å². The molecule has 2 aromatic heterocycles. The molecule has 0 aliphatic heterocycles. The summed E-state index contributed by atoms with van der Waals surface area (Å²) in [4.78, 5) is 15.8. The number of rotatable bonds is 4. The van der Waals surface area contributed by atoms with Gasteiger partial charge in [0.1, 0.15) is 5.69 Å². The van der Waals surface area contributed by atoms with E-state index in [-0.39, 0.29) is 17.4 Å². The highest BCUT2D eigenvalue weighted by Gasteiger charge is 2.34. The van der Waals surface area contributed by atoms with Crippen molar-refractivity contribution in [2.24, 2.45) is 0 Å². The van der Waals surface area contributed by atoms with Gasteiger partial charge >= 0.3 is 6.18 Å². The molecule has 2 rings (SSSR count). The molecular formula is C13H15F3N4O. The van der Waals surface area contributed by atoms with Crippen LogP contribution in [-0.4, -0.2) is 26.5 Å². The number of hydrogen-bond acceptors (Lipinski definition) is 3. The van der Waals surface area contributed by atoms with Crippen molar-refractivity contribution in [3.8, 4) is 0 Å². The molecule has 0 aromatic carbocycles. The third-order valence-corrected chi connectivity index (χ3v) is 3.20. The maximum atomic E-state index is 12.9. The van der Waals surface area contributed by atoms with Gasteiger partial charge in [-0.25, -0.2) is 9.50 Å². The third kappa shape index (κ3) is 3.14. The van der Waals surface area contributed by atoms with Crippen LogP contribution < -0.4 is 5.32 Å². The number of hydrogen-bond donors (Lipinski definition) is 1. The highest BCUT2D eigenvalue weighted by molar-refractivity contribution is 5.93.